The molecule has 0 saturated carbocycles. The summed E-state index contributed by atoms with van der Waals surface area (Å²) in [6.45, 7) is 8.43. The molecule has 0 saturated heterocycles. The average Bonchev–Trinajstić information content (AvgIpc) is 2.49. The van der Waals surface area contributed by atoms with E-state index in [4.69, 9.17) is 9.47 Å². The fraction of sp³-hybridized carbons (Fsp3) is 0.368. The Morgan fingerprint density at radius 1 is 0.864 bits per heavy atom. The van der Waals surface area contributed by atoms with Crippen molar-refractivity contribution in [2.45, 2.75) is 25.2 Å². The second kappa shape index (κ2) is 7.61. The second-order valence-corrected chi connectivity index (χ2v) is 11.9. The summed E-state index contributed by atoms with van der Waals surface area (Å²) in [5.74, 6) is 0.982. The van der Waals surface area contributed by atoms with E-state index in [9.17, 15) is 0 Å². The fourth-order valence-corrected chi connectivity index (χ4v) is 5.24. The maximum Gasteiger partial charge on any atom is 0.122 e. The van der Waals surface area contributed by atoms with Gasteiger partial charge in [-0.05, 0) is 17.2 Å². The van der Waals surface area contributed by atoms with E-state index in [0.717, 1.165) is 5.75 Å². The summed E-state index contributed by atoms with van der Waals surface area (Å²) in [5, 5.41) is 0. The number of methoxy groups -OCH3 is 1. The Kier molecular flexibility index (Phi) is 5.81. The van der Waals surface area contributed by atoms with Crippen molar-refractivity contribution >= 4 is 8.07 Å². The third kappa shape index (κ3) is 4.21. The smallest absolute Gasteiger partial charge is 0.122 e. The van der Waals surface area contributed by atoms with E-state index in [1.807, 2.05) is 6.07 Å². The lowest BCUT2D eigenvalue weighted by Gasteiger charge is -2.31. The Hall–Kier alpha value is -1.58. The van der Waals surface area contributed by atoms with Crippen LogP contribution in [0.1, 0.15) is 16.7 Å². The largest absolute Gasteiger partial charge is 0.491 e. The number of ether oxygens (including phenoxy) is 2. The van der Waals surface area contributed by atoms with Crippen LogP contribution < -0.4 is 4.74 Å². The second-order valence-electron chi connectivity index (χ2n) is 6.59. The van der Waals surface area contributed by atoms with Crippen LogP contribution in [0.2, 0.25) is 19.6 Å². The van der Waals surface area contributed by atoms with Crippen molar-refractivity contribution in [2.24, 2.45) is 0 Å². The molecule has 2 aromatic carbocycles. The van der Waals surface area contributed by atoms with E-state index in [2.05, 4.69) is 68.2 Å². The normalized spacial score (nSPS) is 12.9. The van der Waals surface area contributed by atoms with Crippen molar-refractivity contribution in [1.82, 2.24) is 0 Å². The molecule has 2 rings (SSSR count). The number of hydrogen-bond acceptors (Lipinski definition) is 2. The van der Waals surface area contributed by atoms with Crippen LogP contribution >= 0.6 is 0 Å². The first-order valence-electron chi connectivity index (χ1n) is 7.79. The number of rotatable bonds is 7. The zero-order valence-electron chi connectivity index (χ0n) is 14.0. The van der Waals surface area contributed by atoms with Crippen LogP contribution in [0.5, 0.6) is 5.75 Å². The van der Waals surface area contributed by atoms with Crippen molar-refractivity contribution < 1.29 is 9.47 Å². The van der Waals surface area contributed by atoms with Crippen molar-refractivity contribution in [1.29, 1.82) is 0 Å². The molecule has 0 aliphatic heterocycles. The van der Waals surface area contributed by atoms with Gasteiger partial charge in [0.2, 0.25) is 0 Å². The van der Waals surface area contributed by atoms with Crippen molar-refractivity contribution in [3.05, 3.63) is 65.7 Å². The van der Waals surface area contributed by atoms with Gasteiger partial charge in [-0.25, -0.2) is 0 Å². The maximum atomic E-state index is 5.97. The molecule has 0 aromatic heterocycles. The number of benzene rings is 2. The lowest BCUT2D eigenvalue weighted by molar-refractivity contribution is 0.146. The highest BCUT2D eigenvalue weighted by Crippen LogP contribution is 2.38. The van der Waals surface area contributed by atoms with Crippen LogP contribution in [0.4, 0.5) is 0 Å². The molecule has 22 heavy (non-hydrogen) atoms. The molecule has 0 fully saturated rings. The molecule has 118 valence electrons. The molecule has 1 atom stereocenters. The fourth-order valence-electron chi connectivity index (χ4n) is 2.88. The van der Waals surface area contributed by atoms with Gasteiger partial charge in [-0.15, -0.1) is 0 Å². The summed E-state index contributed by atoms with van der Waals surface area (Å²) in [5.41, 5.74) is 3.10. The first kappa shape index (κ1) is 16.8. The highest BCUT2D eigenvalue weighted by Gasteiger charge is 2.31. The van der Waals surface area contributed by atoms with Crippen molar-refractivity contribution in [2.75, 3.05) is 20.3 Å². The molecule has 0 unspecified atom stereocenters. The zero-order valence-corrected chi connectivity index (χ0v) is 15.0. The van der Waals surface area contributed by atoms with Crippen LogP contribution in [-0.2, 0) is 4.74 Å². The summed E-state index contributed by atoms with van der Waals surface area (Å²) in [7, 11) is 0.240. The Bertz CT molecular complexity index is 575. The number of para-hydroxylation sites is 1. The maximum absolute atomic E-state index is 5.97. The van der Waals surface area contributed by atoms with Gasteiger partial charge in [0.1, 0.15) is 12.4 Å². The molecule has 0 N–H and O–H groups in total. The summed E-state index contributed by atoms with van der Waals surface area (Å²) in [4.78, 5) is 0. The molecule has 3 heteroatoms. The molecular formula is C19H26O2Si. The first-order valence-corrected chi connectivity index (χ1v) is 11.4. The topological polar surface area (TPSA) is 18.5 Å². The minimum Gasteiger partial charge on any atom is -0.491 e. The highest BCUT2D eigenvalue weighted by molar-refractivity contribution is 6.78. The molecule has 0 bridgehead atoms. The lowest BCUT2D eigenvalue weighted by Crippen LogP contribution is -2.32. The molecule has 2 nitrogen and oxygen atoms in total. The molecule has 0 heterocycles. The minimum absolute atomic E-state index is 0.424. The van der Waals surface area contributed by atoms with Crippen LogP contribution in [0.25, 0.3) is 0 Å². The molecular weight excluding hydrogens is 288 g/mol. The third-order valence-electron chi connectivity index (χ3n) is 3.77. The Morgan fingerprint density at radius 3 is 2.14 bits per heavy atom. The van der Waals surface area contributed by atoms with Crippen LogP contribution in [-0.4, -0.2) is 28.4 Å². The Labute approximate surface area is 135 Å². The SMILES string of the molecule is COCCOc1ccccc1[C@@H](c1ccccc1)[Si](C)(C)C. The first-order chi connectivity index (χ1) is 10.5. The van der Waals surface area contributed by atoms with Crippen LogP contribution in [0.15, 0.2) is 54.6 Å². The van der Waals surface area contributed by atoms with E-state index in [1.165, 1.54) is 11.1 Å². The van der Waals surface area contributed by atoms with Crippen molar-refractivity contribution in [3.8, 4) is 5.75 Å². The Balaban J connectivity index is 2.40. The van der Waals surface area contributed by atoms with Crippen molar-refractivity contribution in [3.63, 3.8) is 0 Å². The van der Waals surface area contributed by atoms with E-state index >= 15 is 0 Å². The van der Waals surface area contributed by atoms with Gasteiger partial charge in [-0.3, -0.25) is 0 Å². The van der Waals surface area contributed by atoms with E-state index in [0.29, 0.717) is 18.8 Å². The zero-order chi connectivity index (χ0) is 16.0. The quantitative estimate of drug-likeness (QED) is 0.544. The van der Waals surface area contributed by atoms with Crippen LogP contribution in [0.3, 0.4) is 0 Å². The van der Waals surface area contributed by atoms with Gasteiger partial charge in [0, 0.05) is 12.7 Å². The predicted octanol–water partition coefficient (Wildman–Crippen LogP) is 4.72. The van der Waals surface area contributed by atoms with Gasteiger partial charge in [0.25, 0.3) is 0 Å². The molecule has 0 spiro atoms. The minimum atomic E-state index is -1.46. The van der Waals surface area contributed by atoms with Crippen LogP contribution in [0, 0.1) is 0 Å². The lowest BCUT2D eigenvalue weighted by atomic mass is 10.0. The van der Waals surface area contributed by atoms with Gasteiger partial charge < -0.3 is 9.47 Å². The predicted molar refractivity (Wildman–Crippen MR) is 95.4 cm³/mol. The monoisotopic (exact) mass is 314 g/mol. The molecule has 0 amide bonds. The summed E-state index contributed by atoms with van der Waals surface area (Å²) in [6, 6.07) is 19.2. The van der Waals surface area contributed by atoms with Gasteiger partial charge in [-0.2, -0.15) is 0 Å². The number of hydrogen-bond donors (Lipinski definition) is 0. The van der Waals surface area contributed by atoms with E-state index in [1.54, 1.807) is 7.11 Å². The summed E-state index contributed by atoms with van der Waals surface area (Å²) < 4.78 is 11.1. The van der Waals surface area contributed by atoms with E-state index < -0.39 is 8.07 Å². The highest BCUT2D eigenvalue weighted by atomic mass is 28.3. The summed E-state index contributed by atoms with van der Waals surface area (Å²) in [6.07, 6.45) is 0. The van der Waals surface area contributed by atoms with Gasteiger partial charge in [-0.1, -0.05) is 68.2 Å². The van der Waals surface area contributed by atoms with E-state index in [-0.39, 0.29) is 0 Å². The molecule has 0 radical (unpaired) electrons. The van der Waals surface area contributed by atoms with Gasteiger partial charge >= 0.3 is 0 Å². The summed E-state index contributed by atoms with van der Waals surface area (Å²) >= 11 is 0. The Morgan fingerprint density at radius 2 is 1.50 bits per heavy atom. The third-order valence-corrected chi connectivity index (χ3v) is 6.15. The average molecular weight is 315 g/mol. The molecule has 2 aromatic rings. The van der Waals surface area contributed by atoms with Gasteiger partial charge in [0.05, 0.1) is 14.7 Å². The molecule has 0 aliphatic rings. The standard InChI is InChI=1S/C19H26O2Si/c1-20-14-15-21-18-13-9-8-12-17(18)19(22(2,3)4)16-10-6-5-7-11-16/h5-13,19H,14-15H2,1-4H3/t19-/m1/s1. The molecule has 0 aliphatic carbocycles. The van der Waals surface area contributed by atoms with Gasteiger partial charge in [0.15, 0.2) is 0 Å².